The van der Waals surface area contributed by atoms with Gasteiger partial charge in [-0.25, -0.2) is 0 Å². The summed E-state index contributed by atoms with van der Waals surface area (Å²) in [7, 11) is 0. The molecule has 166 valence electrons. The van der Waals surface area contributed by atoms with Crippen LogP contribution in [-0.4, -0.2) is 20.1 Å². The fourth-order valence-electron chi connectivity index (χ4n) is 3.32. The molecule has 8 heteroatoms. The number of benzene rings is 4. The number of nitrogens with zero attached hydrogens (tertiary/aromatic N) is 2. The molecule has 0 aromatic heterocycles. The minimum Gasteiger partial charge on any atom is -0.502 e. The molecule has 0 heterocycles. The molecule has 0 spiro atoms. The summed E-state index contributed by atoms with van der Waals surface area (Å²) in [5.41, 5.74) is 5.23. The van der Waals surface area contributed by atoms with Crippen LogP contribution in [0.5, 0.6) is 11.5 Å². The summed E-state index contributed by atoms with van der Waals surface area (Å²) in [6, 6.07) is 28.4. The molecule has 33 heavy (non-hydrogen) atoms. The van der Waals surface area contributed by atoms with E-state index in [-0.39, 0.29) is 22.9 Å². The number of nitro benzene ring substituents is 2. The zero-order valence-corrected chi connectivity index (χ0v) is 17.4. The van der Waals surface area contributed by atoms with Crippen molar-refractivity contribution in [2.24, 2.45) is 0 Å². The largest absolute Gasteiger partial charge is 0.502 e. The third-order valence-electron chi connectivity index (χ3n) is 4.86. The molecule has 0 bridgehead atoms. The maximum absolute atomic E-state index is 10.1. The van der Waals surface area contributed by atoms with E-state index in [1.807, 2.05) is 0 Å². The Morgan fingerprint density at radius 2 is 0.879 bits per heavy atom. The molecule has 0 saturated carbocycles. The van der Waals surface area contributed by atoms with Crippen molar-refractivity contribution < 1.29 is 20.1 Å². The minimum atomic E-state index is -0.630. The Morgan fingerprint density at radius 3 is 1.21 bits per heavy atom. The number of nitro groups is 2. The van der Waals surface area contributed by atoms with Gasteiger partial charge in [0.2, 0.25) is 0 Å². The molecule has 0 aliphatic heterocycles. The quantitative estimate of drug-likeness (QED) is 0.259. The van der Waals surface area contributed by atoms with Crippen molar-refractivity contribution in [1.29, 1.82) is 0 Å². The first-order valence-corrected chi connectivity index (χ1v) is 9.89. The third kappa shape index (κ3) is 5.71. The van der Waals surface area contributed by atoms with Gasteiger partial charge in [-0.15, -0.1) is 0 Å². The molecule has 2 N–H and O–H groups in total. The van der Waals surface area contributed by atoms with E-state index in [1.165, 1.54) is 70.8 Å². The molecule has 0 amide bonds. The molecule has 1 aliphatic carbocycles. The molecule has 0 atom stereocenters. The molecule has 0 radical (unpaired) electrons. The average Bonchev–Trinajstić information content (AvgIpc) is 3.19. The molecule has 4 aromatic rings. The highest BCUT2D eigenvalue weighted by Gasteiger charge is 2.16. The second-order valence-corrected chi connectivity index (χ2v) is 6.98. The van der Waals surface area contributed by atoms with E-state index in [0.29, 0.717) is 0 Å². The summed E-state index contributed by atoms with van der Waals surface area (Å²) in [4.78, 5) is 18.9. The highest BCUT2D eigenvalue weighted by molar-refractivity contribution is 5.76. The Balaban J connectivity index is 0.000000142. The third-order valence-corrected chi connectivity index (χ3v) is 4.86. The topological polar surface area (TPSA) is 127 Å². The van der Waals surface area contributed by atoms with Gasteiger partial charge >= 0.3 is 11.4 Å². The second kappa shape index (κ2) is 10.5. The zero-order chi connectivity index (χ0) is 23.8. The van der Waals surface area contributed by atoms with Crippen molar-refractivity contribution in [3.05, 3.63) is 128 Å². The van der Waals surface area contributed by atoms with Gasteiger partial charge in [-0.05, 0) is 40.8 Å². The van der Waals surface area contributed by atoms with Gasteiger partial charge in [0.15, 0.2) is 11.5 Å². The van der Waals surface area contributed by atoms with Crippen LogP contribution in [0.3, 0.4) is 0 Å². The van der Waals surface area contributed by atoms with E-state index in [4.69, 9.17) is 10.2 Å². The van der Waals surface area contributed by atoms with E-state index >= 15 is 0 Å². The van der Waals surface area contributed by atoms with Crippen molar-refractivity contribution >= 4 is 11.4 Å². The van der Waals surface area contributed by atoms with E-state index < -0.39 is 9.85 Å². The minimum absolute atomic E-state index is 0.262. The van der Waals surface area contributed by atoms with Crippen LogP contribution in [0.15, 0.2) is 97.1 Å². The molecular formula is C25H20N2O6. The van der Waals surface area contributed by atoms with Crippen LogP contribution < -0.4 is 0 Å². The van der Waals surface area contributed by atoms with Gasteiger partial charge in [-0.3, -0.25) is 20.2 Å². The summed E-state index contributed by atoms with van der Waals surface area (Å²) >= 11 is 0. The van der Waals surface area contributed by atoms with Gasteiger partial charge in [-0.1, -0.05) is 72.8 Å². The van der Waals surface area contributed by atoms with Crippen molar-refractivity contribution in [1.82, 2.24) is 0 Å². The molecule has 0 fully saturated rings. The predicted octanol–water partition coefficient (Wildman–Crippen LogP) is 5.86. The van der Waals surface area contributed by atoms with Crippen LogP contribution in [-0.2, 0) is 6.42 Å². The first-order valence-electron chi connectivity index (χ1n) is 9.89. The monoisotopic (exact) mass is 444 g/mol. The van der Waals surface area contributed by atoms with E-state index in [9.17, 15) is 20.2 Å². The Bertz CT molecular complexity index is 1190. The van der Waals surface area contributed by atoms with Gasteiger partial charge in [0.1, 0.15) is 0 Å². The number of para-hydroxylation sites is 4. The fraction of sp³-hybridized carbons (Fsp3) is 0.0400. The van der Waals surface area contributed by atoms with Crippen molar-refractivity contribution in [3.63, 3.8) is 0 Å². The van der Waals surface area contributed by atoms with Crippen LogP contribution in [0.25, 0.3) is 11.1 Å². The van der Waals surface area contributed by atoms with Gasteiger partial charge in [0.25, 0.3) is 0 Å². The van der Waals surface area contributed by atoms with Gasteiger partial charge in [0.05, 0.1) is 9.85 Å². The Labute approximate surface area is 189 Å². The lowest BCUT2D eigenvalue weighted by atomic mass is 10.1. The molecule has 4 aromatic carbocycles. The predicted molar refractivity (Wildman–Crippen MR) is 124 cm³/mol. The number of phenols is 2. The van der Waals surface area contributed by atoms with Crippen LogP contribution in [0.4, 0.5) is 11.4 Å². The lowest BCUT2D eigenvalue weighted by molar-refractivity contribution is -0.386. The molecule has 1 aliphatic rings. The fourth-order valence-corrected chi connectivity index (χ4v) is 3.32. The summed E-state index contributed by atoms with van der Waals surface area (Å²) in [6.45, 7) is 0. The maximum atomic E-state index is 10.1. The standard InChI is InChI=1S/C13H10.2C6H5NO3/c1-3-7-12-10(5-1)9-11-6-2-4-8-13(11)12;2*8-6-4-2-1-3-5(6)7(9)10/h1-8H,9H2;2*1-4,8H. The van der Waals surface area contributed by atoms with Gasteiger partial charge in [0, 0.05) is 12.1 Å². The summed E-state index contributed by atoms with van der Waals surface area (Å²) < 4.78 is 0. The highest BCUT2D eigenvalue weighted by atomic mass is 16.6. The Morgan fingerprint density at radius 1 is 0.545 bits per heavy atom. The van der Waals surface area contributed by atoms with Crippen molar-refractivity contribution in [3.8, 4) is 22.6 Å². The average molecular weight is 444 g/mol. The van der Waals surface area contributed by atoms with E-state index in [1.54, 1.807) is 0 Å². The Kier molecular flexibility index (Phi) is 7.33. The maximum Gasteiger partial charge on any atom is 0.310 e. The molecule has 8 nitrogen and oxygen atoms in total. The van der Waals surface area contributed by atoms with Crippen molar-refractivity contribution in [2.45, 2.75) is 6.42 Å². The lowest BCUT2D eigenvalue weighted by Crippen LogP contribution is -1.86. The number of phenolic OH excluding ortho intramolecular Hbond substituents is 2. The summed E-state index contributed by atoms with van der Waals surface area (Å²) in [5, 5.41) is 37.8. The molecule has 0 unspecified atom stereocenters. The smallest absolute Gasteiger partial charge is 0.310 e. The van der Waals surface area contributed by atoms with Gasteiger partial charge in [-0.2, -0.15) is 0 Å². The number of aromatic hydroxyl groups is 2. The zero-order valence-electron chi connectivity index (χ0n) is 17.4. The number of rotatable bonds is 2. The van der Waals surface area contributed by atoms with Crippen LogP contribution in [0, 0.1) is 20.2 Å². The van der Waals surface area contributed by atoms with E-state index in [0.717, 1.165) is 6.42 Å². The number of hydrogen-bond donors (Lipinski definition) is 2. The van der Waals surface area contributed by atoms with Crippen molar-refractivity contribution in [2.75, 3.05) is 0 Å². The first-order chi connectivity index (χ1) is 15.9. The SMILES string of the molecule is O=[N+]([O-])c1ccccc1O.O=[N+]([O-])c1ccccc1O.c1ccc2c(c1)Cc1ccccc1-2. The van der Waals surface area contributed by atoms with Crippen LogP contribution in [0.1, 0.15) is 11.1 Å². The molecule has 0 saturated heterocycles. The normalized spacial score (nSPS) is 10.4. The Hall–Kier alpha value is -4.72. The van der Waals surface area contributed by atoms with Gasteiger partial charge < -0.3 is 10.2 Å². The second-order valence-electron chi connectivity index (χ2n) is 6.98. The lowest BCUT2D eigenvalue weighted by Gasteiger charge is -1.98. The first kappa shape index (κ1) is 23.0. The molecule has 5 rings (SSSR count). The van der Waals surface area contributed by atoms with Crippen LogP contribution in [0.2, 0.25) is 0 Å². The summed E-state index contributed by atoms with van der Waals surface area (Å²) in [5.74, 6) is -0.597. The van der Waals surface area contributed by atoms with Crippen LogP contribution >= 0.6 is 0 Å². The summed E-state index contributed by atoms with van der Waals surface area (Å²) in [6.07, 6.45) is 1.10. The molecular weight excluding hydrogens is 424 g/mol. The highest BCUT2D eigenvalue weighted by Crippen LogP contribution is 2.35. The van der Waals surface area contributed by atoms with E-state index in [2.05, 4.69) is 48.5 Å². The number of fused-ring (bicyclic) bond motifs is 3. The number of hydrogen-bond acceptors (Lipinski definition) is 6.